The lowest BCUT2D eigenvalue weighted by molar-refractivity contribution is -0.220. The molecule has 1 rings (SSSR count). The Kier molecular flexibility index (Phi) is 7.30. The number of hydrogen-bond acceptors (Lipinski definition) is 8. The van der Waals surface area contributed by atoms with Crippen molar-refractivity contribution in [1.29, 1.82) is 0 Å². The van der Waals surface area contributed by atoms with Crippen LogP contribution in [-0.4, -0.2) is 47.2 Å². The van der Waals surface area contributed by atoms with E-state index in [0.717, 1.165) is 16.4 Å². The Morgan fingerprint density at radius 2 is 1.75 bits per heavy atom. The summed E-state index contributed by atoms with van der Waals surface area (Å²) in [7, 11) is 0. The van der Waals surface area contributed by atoms with Crippen LogP contribution in [0.1, 0.15) is 59.8 Å². The summed E-state index contributed by atoms with van der Waals surface area (Å²) in [5.74, 6) is -1.36. The zero-order chi connectivity index (χ0) is 18.3. The minimum Gasteiger partial charge on any atom is -0.462 e. The van der Waals surface area contributed by atoms with Crippen LogP contribution in [0.2, 0.25) is 0 Å². The van der Waals surface area contributed by atoms with Gasteiger partial charge in [-0.1, -0.05) is 0 Å². The number of nitrogens with zero attached hydrogens (tertiary/aromatic N) is 2. The first-order chi connectivity index (χ1) is 11.2. The van der Waals surface area contributed by atoms with Crippen molar-refractivity contribution in [3.8, 4) is 0 Å². The van der Waals surface area contributed by atoms with E-state index in [4.69, 9.17) is 14.3 Å². The Hall–Kier alpha value is -2.00. The number of esters is 2. The Balaban J connectivity index is 3.07. The monoisotopic (exact) mass is 358 g/mol. The summed E-state index contributed by atoms with van der Waals surface area (Å²) in [5.41, 5.74) is -0.691. The van der Waals surface area contributed by atoms with Gasteiger partial charge in [0.2, 0.25) is 6.41 Å². The first-order valence-electron chi connectivity index (χ1n) is 7.46. The molecule has 0 unspecified atom stereocenters. The van der Waals surface area contributed by atoms with Crippen LogP contribution in [-0.2, 0) is 25.7 Å². The molecular weight excluding hydrogens is 336 g/mol. The van der Waals surface area contributed by atoms with Crippen molar-refractivity contribution < 1.29 is 28.7 Å². The van der Waals surface area contributed by atoms with Crippen molar-refractivity contribution in [1.82, 2.24) is 10.0 Å². The zero-order valence-electron chi connectivity index (χ0n) is 14.5. The fourth-order valence-corrected chi connectivity index (χ4v) is 2.61. The molecule has 0 spiro atoms. The van der Waals surface area contributed by atoms with Gasteiger partial charge >= 0.3 is 11.9 Å². The number of hydroxylamine groups is 2. The maximum absolute atomic E-state index is 12.0. The third kappa shape index (κ3) is 5.89. The number of hydrogen-bond donors (Lipinski definition) is 0. The molecule has 0 saturated carbocycles. The van der Waals surface area contributed by atoms with Crippen LogP contribution in [0.4, 0.5) is 0 Å². The summed E-state index contributed by atoms with van der Waals surface area (Å²) in [4.78, 5) is 44.7. The summed E-state index contributed by atoms with van der Waals surface area (Å²) in [6.45, 7) is 9.01. The smallest absolute Gasteiger partial charge is 0.358 e. The van der Waals surface area contributed by atoms with Crippen LogP contribution in [0, 0.1) is 0 Å². The van der Waals surface area contributed by atoms with E-state index in [1.54, 1.807) is 34.6 Å². The highest BCUT2D eigenvalue weighted by molar-refractivity contribution is 7.13. The topological polar surface area (TPSA) is 95.0 Å². The molecule has 0 fully saturated rings. The molecule has 1 heterocycles. The second-order valence-corrected chi connectivity index (χ2v) is 6.69. The largest absolute Gasteiger partial charge is 0.462 e. The van der Waals surface area contributed by atoms with Crippen LogP contribution in [0.5, 0.6) is 0 Å². The predicted octanol–water partition coefficient (Wildman–Crippen LogP) is 2.18. The first kappa shape index (κ1) is 20.0. The standard InChI is InChI=1S/C15H22N2O6S/c1-6-21-13(19)11-12(14(20)22-7-2)24-10(16-11)8-17(9-18)23-15(3,4)5/h9H,6-8H2,1-5H3. The number of amides is 1. The van der Waals surface area contributed by atoms with Crippen LogP contribution in [0.3, 0.4) is 0 Å². The number of ether oxygens (including phenoxy) is 2. The minimum atomic E-state index is -0.711. The van der Waals surface area contributed by atoms with Crippen LogP contribution < -0.4 is 0 Å². The number of carbonyl (C=O) groups is 3. The highest BCUT2D eigenvalue weighted by atomic mass is 32.1. The molecule has 0 aromatic carbocycles. The van der Waals surface area contributed by atoms with Gasteiger partial charge in [-0.2, -0.15) is 0 Å². The minimum absolute atomic E-state index is 0.00273. The van der Waals surface area contributed by atoms with Crippen molar-refractivity contribution in [3.05, 3.63) is 15.6 Å². The molecule has 8 nitrogen and oxygen atoms in total. The Labute approximate surface area is 144 Å². The maximum Gasteiger partial charge on any atom is 0.358 e. The Bertz CT molecular complexity index is 558. The van der Waals surface area contributed by atoms with Crippen molar-refractivity contribution in [2.45, 2.75) is 46.8 Å². The van der Waals surface area contributed by atoms with Gasteiger partial charge in [-0.25, -0.2) is 19.6 Å². The van der Waals surface area contributed by atoms with Crippen molar-refractivity contribution in [2.24, 2.45) is 0 Å². The average molecular weight is 358 g/mol. The number of aromatic nitrogens is 1. The van der Waals surface area contributed by atoms with Gasteiger partial charge < -0.3 is 9.47 Å². The van der Waals surface area contributed by atoms with Crippen LogP contribution in [0.15, 0.2) is 0 Å². The molecular formula is C15H22N2O6S. The summed E-state index contributed by atoms with van der Waals surface area (Å²) >= 11 is 0.964. The molecule has 0 N–H and O–H groups in total. The highest BCUT2D eigenvalue weighted by Gasteiger charge is 2.27. The molecule has 0 aliphatic rings. The summed E-state index contributed by atoms with van der Waals surface area (Å²) in [5, 5.41) is 1.42. The molecule has 0 saturated heterocycles. The second kappa shape index (κ2) is 8.74. The fourth-order valence-electron chi connectivity index (χ4n) is 1.68. The van der Waals surface area contributed by atoms with Gasteiger partial charge in [0.25, 0.3) is 0 Å². The van der Waals surface area contributed by atoms with E-state index in [-0.39, 0.29) is 30.3 Å². The molecule has 24 heavy (non-hydrogen) atoms. The van der Waals surface area contributed by atoms with E-state index in [0.29, 0.717) is 11.4 Å². The Morgan fingerprint density at radius 3 is 2.25 bits per heavy atom. The number of thiazole rings is 1. The summed E-state index contributed by atoms with van der Waals surface area (Å²) < 4.78 is 9.84. The number of rotatable bonds is 8. The van der Waals surface area contributed by atoms with E-state index >= 15 is 0 Å². The zero-order valence-corrected chi connectivity index (χ0v) is 15.3. The quantitative estimate of drug-likeness (QED) is 0.399. The van der Waals surface area contributed by atoms with E-state index < -0.39 is 17.5 Å². The SMILES string of the molecule is CCOC(=O)c1nc(CN(C=O)OC(C)(C)C)sc1C(=O)OCC. The van der Waals surface area contributed by atoms with Gasteiger partial charge in [0.1, 0.15) is 16.4 Å². The molecule has 0 aliphatic heterocycles. The van der Waals surface area contributed by atoms with Gasteiger partial charge in [0, 0.05) is 0 Å². The van der Waals surface area contributed by atoms with Crippen molar-refractivity contribution in [3.63, 3.8) is 0 Å². The van der Waals surface area contributed by atoms with Crippen molar-refractivity contribution >= 4 is 29.7 Å². The summed E-state index contributed by atoms with van der Waals surface area (Å²) in [6.07, 6.45) is 0.515. The second-order valence-electron chi connectivity index (χ2n) is 5.61. The van der Waals surface area contributed by atoms with E-state index in [1.807, 2.05) is 0 Å². The maximum atomic E-state index is 12.0. The molecule has 0 radical (unpaired) electrons. The van der Waals surface area contributed by atoms with Gasteiger partial charge in [0.05, 0.1) is 18.8 Å². The molecule has 0 aliphatic carbocycles. The van der Waals surface area contributed by atoms with Crippen LogP contribution >= 0.6 is 11.3 Å². The van der Waals surface area contributed by atoms with Gasteiger partial charge in [-0.05, 0) is 34.6 Å². The van der Waals surface area contributed by atoms with E-state index in [2.05, 4.69) is 4.98 Å². The molecule has 134 valence electrons. The highest BCUT2D eigenvalue weighted by Crippen LogP contribution is 2.23. The lowest BCUT2D eigenvalue weighted by Gasteiger charge is -2.25. The molecule has 1 aromatic heterocycles. The lowest BCUT2D eigenvalue weighted by atomic mass is 10.2. The van der Waals surface area contributed by atoms with E-state index in [1.165, 1.54) is 0 Å². The Morgan fingerprint density at radius 1 is 1.17 bits per heavy atom. The third-order valence-electron chi connectivity index (χ3n) is 2.40. The molecule has 9 heteroatoms. The fraction of sp³-hybridized carbons (Fsp3) is 0.600. The molecule has 0 atom stereocenters. The van der Waals surface area contributed by atoms with Crippen LogP contribution in [0.25, 0.3) is 0 Å². The lowest BCUT2D eigenvalue weighted by Crippen LogP contribution is -2.32. The van der Waals surface area contributed by atoms with E-state index in [9.17, 15) is 14.4 Å². The molecule has 0 bridgehead atoms. The van der Waals surface area contributed by atoms with Gasteiger partial charge in [-0.15, -0.1) is 11.3 Å². The third-order valence-corrected chi connectivity index (χ3v) is 3.42. The normalized spacial score (nSPS) is 11.0. The van der Waals surface area contributed by atoms with Gasteiger partial charge in [-0.3, -0.25) is 9.63 Å². The summed E-state index contributed by atoms with van der Waals surface area (Å²) in [6, 6.07) is 0. The van der Waals surface area contributed by atoms with Crippen molar-refractivity contribution in [2.75, 3.05) is 13.2 Å². The molecule has 1 amide bonds. The number of carbonyl (C=O) groups excluding carboxylic acids is 3. The van der Waals surface area contributed by atoms with Gasteiger partial charge in [0.15, 0.2) is 5.69 Å². The average Bonchev–Trinajstić information content (AvgIpc) is 2.89. The predicted molar refractivity (Wildman–Crippen MR) is 86.5 cm³/mol. The first-order valence-corrected chi connectivity index (χ1v) is 8.28. The molecule has 1 aromatic rings.